The lowest BCUT2D eigenvalue weighted by molar-refractivity contribution is -0.137. The Hall–Kier alpha value is -3.07. The molecule has 2 aromatic carbocycles. The number of benzene rings is 2. The van der Waals surface area contributed by atoms with Gasteiger partial charge in [-0.05, 0) is 60.7 Å². The number of hydrogen-bond donors (Lipinski definition) is 3. The van der Waals surface area contributed by atoms with Gasteiger partial charge in [0.05, 0.1) is 12.1 Å². The quantitative estimate of drug-likeness (QED) is 0.610. The van der Waals surface area contributed by atoms with E-state index >= 15 is 0 Å². The summed E-state index contributed by atoms with van der Waals surface area (Å²) in [6.45, 7) is 6.55. The zero-order valence-electron chi connectivity index (χ0n) is 18.8. The third kappa shape index (κ3) is 5.84. The highest BCUT2D eigenvalue weighted by atomic mass is 19.4. The summed E-state index contributed by atoms with van der Waals surface area (Å²) < 4.78 is 38.4. The number of urea groups is 1. The number of likely N-dealkylation sites (tertiary alicyclic amines) is 1. The van der Waals surface area contributed by atoms with Crippen molar-refractivity contribution in [2.24, 2.45) is 5.92 Å². The van der Waals surface area contributed by atoms with Crippen LogP contribution >= 0.6 is 0 Å². The lowest BCUT2D eigenvalue weighted by atomic mass is 9.92. The maximum atomic E-state index is 12.8. The molecule has 0 saturated carbocycles. The van der Waals surface area contributed by atoms with Gasteiger partial charge in [0, 0.05) is 24.3 Å². The van der Waals surface area contributed by atoms with Crippen molar-refractivity contribution in [3.05, 3.63) is 64.7 Å². The lowest BCUT2D eigenvalue weighted by Gasteiger charge is -2.24. The van der Waals surface area contributed by atoms with Crippen LogP contribution in [0.15, 0.2) is 42.5 Å². The van der Waals surface area contributed by atoms with Gasteiger partial charge in [-0.2, -0.15) is 13.2 Å². The van der Waals surface area contributed by atoms with E-state index in [-0.39, 0.29) is 25.4 Å². The number of carbonyl (C=O) groups excluding carboxylic acids is 2. The highest BCUT2D eigenvalue weighted by molar-refractivity contribution is 5.96. The number of anilines is 1. The molecule has 1 unspecified atom stereocenters. The molecule has 3 N–H and O–H groups in total. The summed E-state index contributed by atoms with van der Waals surface area (Å²) in [7, 11) is 0. The summed E-state index contributed by atoms with van der Waals surface area (Å²) >= 11 is 0. The number of aryl methyl sites for hydroxylation is 1. The molecule has 0 aliphatic carbocycles. The number of β-amino-alcohol motifs (C(OH)–C–C–N with tert-alkyl or cyclic N) is 1. The van der Waals surface area contributed by atoms with Crippen molar-refractivity contribution in [2.75, 3.05) is 25.0 Å². The first-order valence-corrected chi connectivity index (χ1v) is 10.7. The Morgan fingerprint density at radius 3 is 2.39 bits per heavy atom. The predicted molar refractivity (Wildman–Crippen MR) is 119 cm³/mol. The minimum absolute atomic E-state index is 0.0427. The molecular formula is C24H28F3N3O3. The number of nitrogens with zero attached hydrogens (tertiary/aromatic N) is 1. The number of halogens is 3. The van der Waals surface area contributed by atoms with E-state index < -0.39 is 23.4 Å². The number of amides is 3. The van der Waals surface area contributed by atoms with E-state index in [1.807, 2.05) is 13.8 Å². The second-order valence-corrected chi connectivity index (χ2v) is 8.84. The molecule has 1 saturated heterocycles. The normalized spacial score (nSPS) is 18.5. The van der Waals surface area contributed by atoms with Gasteiger partial charge >= 0.3 is 12.2 Å². The van der Waals surface area contributed by atoms with Crippen LogP contribution in [-0.4, -0.2) is 41.6 Å². The third-order valence-electron chi connectivity index (χ3n) is 5.69. The SMILES string of the molecule is Cc1cc(C(=O)NCC(C)C)ccc1NC(=O)N1CCC(O)(c2ccc(C(F)(F)F)cc2)C1. The van der Waals surface area contributed by atoms with Crippen LogP contribution in [0.2, 0.25) is 0 Å². The fourth-order valence-electron chi connectivity index (χ4n) is 3.71. The Balaban J connectivity index is 1.64. The van der Waals surface area contributed by atoms with Crippen LogP contribution in [0.5, 0.6) is 0 Å². The molecule has 178 valence electrons. The second-order valence-electron chi connectivity index (χ2n) is 8.84. The van der Waals surface area contributed by atoms with Crippen molar-refractivity contribution < 1.29 is 27.9 Å². The molecule has 1 atom stereocenters. The largest absolute Gasteiger partial charge is 0.416 e. The Labute approximate surface area is 190 Å². The van der Waals surface area contributed by atoms with Gasteiger partial charge in [-0.25, -0.2) is 4.79 Å². The molecule has 1 heterocycles. The van der Waals surface area contributed by atoms with Gasteiger partial charge in [-0.3, -0.25) is 4.79 Å². The van der Waals surface area contributed by atoms with Crippen LogP contribution < -0.4 is 10.6 Å². The molecule has 1 fully saturated rings. The number of aliphatic hydroxyl groups is 1. The van der Waals surface area contributed by atoms with E-state index in [4.69, 9.17) is 0 Å². The van der Waals surface area contributed by atoms with E-state index in [1.165, 1.54) is 17.0 Å². The minimum atomic E-state index is -4.45. The standard InChI is InChI=1S/C24H28F3N3O3/c1-15(2)13-28-21(31)17-4-9-20(16(3)12-17)29-22(32)30-11-10-23(33,14-30)18-5-7-19(8-6-18)24(25,26)27/h4-9,12,15,33H,10-11,13-14H2,1-3H3,(H,28,31)(H,29,32). The molecule has 6 nitrogen and oxygen atoms in total. The van der Waals surface area contributed by atoms with Crippen LogP contribution in [0, 0.1) is 12.8 Å². The summed E-state index contributed by atoms with van der Waals surface area (Å²) in [6.07, 6.45) is -4.25. The summed E-state index contributed by atoms with van der Waals surface area (Å²) in [4.78, 5) is 26.4. The molecule has 2 aromatic rings. The average Bonchev–Trinajstić information content (AvgIpc) is 3.16. The fraction of sp³-hybridized carbons (Fsp3) is 0.417. The third-order valence-corrected chi connectivity index (χ3v) is 5.69. The second kappa shape index (κ2) is 9.43. The Kier molecular flexibility index (Phi) is 7.02. The lowest BCUT2D eigenvalue weighted by Crippen LogP contribution is -2.37. The first-order valence-electron chi connectivity index (χ1n) is 10.7. The maximum Gasteiger partial charge on any atom is 0.416 e. The van der Waals surface area contributed by atoms with Crippen molar-refractivity contribution >= 4 is 17.6 Å². The van der Waals surface area contributed by atoms with E-state index in [9.17, 15) is 27.9 Å². The van der Waals surface area contributed by atoms with Crippen molar-refractivity contribution in [1.82, 2.24) is 10.2 Å². The molecule has 3 amide bonds. The number of nitrogens with one attached hydrogen (secondary N) is 2. The van der Waals surface area contributed by atoms with Crippen molar-refractivity contribution in [3.63, 3.8) is 0 Å². The first kappa shape index (κ1) is 24.6. The van der Waals surface area contributed by atoms with Gasteiger partial charge in [-0.1, -0.05) is 26.0 Å². The van der Waals surface area contributed by atoms with Crippen molar-refractivity contribution in [2.45, 2.75) is 39.0 Å². The first-order chi connectivity index (χ1) is 15.4. The van der Waals surface area contributed by atoms with Gasteiger partial charge in [0.2, 0.25) is 0 Å². The van der Waals surface area contributed by atoms with E-state index in [1.54, 1.807) is 25.1 Å². The summed E-state index contributed by atoms with van der Waals surface area (Å²) in [5.41, 5.74) is -0.153. The van der Waals surface area contributed by atoms with E-state index in [0.717, 1.165) is 12.1 Å². The molecule has 1 aliphatic heterocycles. The number of rotatable bonds is 5. The Morgan fingerprint density at radius 2 is 1.82 bits per heavy atom. The van der Waals surface area contributed by atoms with Crippen LogP contribution in [0.3, 0.4) is 0 Å². The topological polar surface area (TPSA) is 81.7 Å². The monoisotopic (exact) mass is 463 g/mol. The molecule has 0 bridgehead atoms. The molecule has 9 heteroatoms. The highest BCUT2D eigenvalue weighted by Gasteiger charge is 2.40. The number of hydrogen-bond acceptors (Lipinski definition) is 3. The fourth-order valence-corrected chi connectivity index (χ4v) is 3.71. The van der Waals surface area contributed by atoms with Crippen LogP contribution in [0.25, 0.3) is 0 Å². The predicted octanol–water partition coefficient (Wildman–Crippen LogP) is 4.53. The molecular weight excluding hydrogens is 435 g/mol. The van der Waals surface area contributed by atoms with E-state index in [0.29, 0.717) is 34.8 Å². The molecule has 0 aromatic heterocycles. The van der Waals surface area contributed by atoms with Crippen molar-refractivity contribution in [3.8, 4) is 0 Å². The maximum absolute atomic E-state index is 12.8. The average molecular weight is 464 g/mol. The highest BCUT2D eigenvalue weighted by Crippen LogP contribution is 2.35. The molecule has 0 radical (unpaired) electrons. The van der Waals surface area contributed by atoms with Gasteiger partial charge in [0.1, 0.15) is 5.60 Å². The molecule has 1 aliphatic rings. The van der Waals surface area contributed by atoms with Gasteiger partial charge in [0.25, 0.3) is 5.91 Å². The molecule has 3 rings (SSSR count). The molecule has 33 heavy (non-hydrogen) atoms. The zero-order chi connectivity index (χ0) is 24.4. The van der Waals surface area contributed by atoms with E-state index in [2.05, 4.69) is 10.6 Å². The van der Waals surface area contributed by atoms with Gasteiger partial charge in [-0.15, -0.1) is 0 Å². The Bertz CT molecular complexity index is 1020. The zero-order valence-corrected chi connectivity index (χ0v) is 18.8. The Morgan fingerprint density at radius 1 is 1.15 bits per heavy atom. The minimum Gasteiger partial charge on any atom is -0.383 e. The van der Waals surface area contributed by atoms with Crippen LogP contribution in [0.1, 0.15) is 47.3 Å². The van der Waals surface area contributed by atoms with Gasteiger partial charge in [0.15, 0.2) is 0 Å². The number of alkyl halides is 3. The smallest absolute Gasteiger partial charge is 0.383 e. The summed E-state index contributed by atoms with van der Waals surface area (Å²) in [5.74, 6) is 0.140. The number of carbonyl (C=O) groups is 2. The molecule has 0 spiro atoms. The summed E-state index contributed by atoms with van der Waals surface area (Å²) in [6, 6.07) is 8.88. The summed E-state index contributed by atoms with van der Waals surface area (Å²) in [5, 5.41) is 16.6. The van der Waals surface area contributed by atoms with Crippen LogP contribution in [-0.2, 0) is 11.8 Å². The van der Waals surface area contributed by atoms with Crippen molar-refractivity contribution in [1.29, 1.82) is 0 Å². The van der Waals surface area contributed by atoms with Crippen LogP contribution in [0.4, 0.5) is 23.7 Å². The van der Waals surface area contributed by atoms with Gasteiger partial charge < -0.3 is 20.6 Å².